The first kappa shape index (κ1) is 11.6. The summed E-state index contributed by atoms with van der Waals surface area (Å²) >= 11 is 0. The van der Waals surface area contributed by atoms with Crippen molar-refractivity contribution in [3.8, 4) is 0 Å². The van der Waals surface area contributed by atoms with Gasteiger partial charge in [0.2, 0.25) is 0 Å². The minimum atomic E-state index is -0.771. The summed E-state index contributed by atoms with van der Waals surface area (Å²) in [5.74, 6) is 0.188. The Labute approximate surface area is 95.3 Å². The van der Waals surface area contributed by atoms with E-state index in [9.17, 15) is 4.79 Å². The van der Waals surface area contributed by atoms with Crippen molar-refractivity contribution in [2.45, 2.75) is 32.6 Å². The average molecular weight is 225 g/mol. The Balaban J connectivity index is 2.11. The van der Waals surface area contributed by atoms with E-state index in [-0.39, 0.29) is 11.8 Å². The molecule has 0 heterocycles. The first-order chi connectivity index (χ1) is 7.61. The molecule has 3 atom stereocenters. The van der Waals surface area contributed by atoms with Gasteiger partial charge in [-0.25, -0.2) is 5.48 Å². The van der Waals surface area contributed by atoms with Gasteiger partial charge in [0.05, 0.1) is 6.42 Å². The molecule has 0 aliphatic heterocycles. The smallest absolute Gasteiger partial charge is 0.303 e. The van der Waals surface area contributed by atoms with Gasteiger partial charge >= 0.3 is 5.97 Å². The van der Waals surface area contributed by atoms with E-state index in [1.807, 2.05) is 0 Å². The van der Waals surface area contributed by atoms with Gasteiger partial charge in [-0.15, -0.1) is 0 Å². The van der Waals surface area contributed by atoms with E-state index in [0.717, 1.165) is 19.3 Å². The molecule has 0 aromatic heterocycles. The zero-order valence-corrected chi connectivity index (χ0v) is 9.57. The Morgan fingerprint density at radius 2 is 2.44 bits per heavy atom. The molecule has 0 aromatic carbocycles. The molecule has 0 saturated heterocycles. The van der Waals surface area contributed by atoms with Crippen molar-refractivity contribution >= 4 is 5.97 Å². The molecular weight excluding hydrogens is 206 g/mol. The van der Waals surface area contributed by atoms with Crippen LogP contribution in [-0.4, -0.2) is 22.8 Å². The second-order valence-electron chi connectivity index (χ2n) is 5.14. The zero-order chi connectivity index (χ0) is 11.8. The van der Waals surface area contributed by atoms with Crippen LogP contribution in [0.1, 0.15) is 32.6 Å². The Hall–Kier alpha value is -0.870. The lowest BCUT2D eigenvalue weighted by Crippen LogP contribution is -2.52. The maximum Gasteiger partial charge on any atom is 0.303 e. The second kappa shape index (κ2) is 4.18. The molecule has 4 heteroatoms. The average Bonchev–Trinajstić information content (AvgIpc) is 2.55. The highest BCUT2D eigenvalue weighted by Crippen LogP contribution is 2.59. The minimum Gasteiger partial charge on any atom is -0.481 e. The zero-order valence-electron chi connectivity index (χ0n) is 9.57. The van der Waals surface area contributed by atoms with Crippen molar-refractivity contribution in [3.63, 3.8) is 0 Å². The van der Waals surface area contributed by atoms with Crippen molar-refractivity contribution < 1.29 is 15.1 Å². The maximum atomic E-state index is 10.9. The number of carboxylic acids is 1. The molecule has 0 aromatic rings. The topological polar surface area (TPSA) is 69.6 Å². The third-order valence-electron chi connectivity index (χ3n) is 4.21. The lowest BCUT2D eigenvalue weighted by molar-refractivity contribution is -0.145. The summed E-state index contributed by atoms with van der Waals surface area (Å²) in [6, 6.07) is 0. The third-order valence-corrected chi connectivity index (χ3v) is 4.21. The first-order valence-corrected chi connectivity index (χ1v) is 5.89. The standard InChI is InChI=1S/C12H19NO3/c1-2-8-3-9-5-12(7-13-16,6-11(14)15)10(9)4-8/h4,9-10,13,16H,2-3,5-7H2,1H3,(H,14,15)/t9-,10-,12?/m1/s1. The number of rotatable bonds is 5. The van der Waals surface area contributed by atoms with E-state index in [1.165, 1.54) is 5.57 Å². The van der Waals surface area contributed by atoms with Crippen molar-refractivity contribution in [1.82, 2.24) is 5.48 Å². The van der Waals surface area contributed by atoms with Crippen LogP contribution in [0.3, 0.4) is 0 Å². The molecule has 16 heavy (non-hydrogen) atoms. The van der Waals surface area contributed by atoms with Gasteiger partial charge < -0.3 is 10.3 Å². The van der Waals surface area contributed by atoms with Crippen LogP contribution in [0.15, 0.2) is 11.6 Å². The number of carbonyl (C=O) groups is 1. The van der Waals surface area contributed by atoms with Crippen molar-refractivity contribution in [3.05, 3.63) is 11.6 Å². The van der Waals surface area contributed by atoms with Gasteiger partial charge in [0.25, 0.3) is 0 Å². The number of allylic oxidation sites excluding steroid dienone is 2. The van der Waals surface area contributed by atoms with Crippen molar-refractivity contribution in [1.29, 1.82) is 0 Å². The summed E-state index contributed by atoms with van der Waals surface area (Å²) in [5, 5.41) is 17.8. The van der Waals surface area contributed by atoms with E-state index < -0.39 is 5.97 Å². The lowest BCUT2D eigenvalue weighted by Gasteiger charge is -2.51. The van der Waals surface area contributed by atoms with Crippen LogP contribution < -0.4 is 5.48 Å². The van der Waals surface area contributed by atoms with Crippen molar-refractivity contribution in [2.75, 3.05) is 6.54 Å². The first-order valence-electron chi connectivity index (χ1n) is 5.89. The molecule has 4 nitrogen and oxygen atoms in total. The van der Waals surface area contributed by atoms with Crippen LogP contribution in [0.25, 0.3) is 0 Å². The number of hydrogen-bond donors (Lipinski definition) is 3. The molecule has 0 bridgehead atoms. The molecule has 2 aliphatic carbocycles. The molecule has 90 valence electrons. The van der Waals surface area contributed by atoms with E-state index in [1.54, 1.807) is 0 Å². The van der Waals surface area contributed by atoms with Crippen LogP contribution in [0.5, 0.6) is 0 Å². The van der Waals surface area contributed by atoms with Crippen LogP contribution in [-0.2, 0) is 4.79 Å². The summed E-state index contributed by atoms with van der Waals surface area (Å²) in [5.41, 5.74) is 3.35. The number of aliphatic carboxylic acids is 1. The van der Waals surface area contributed by atoms with Gasteiger partial charge in [-0.2, -0.15) is 0 Å². The summed E-state index contributed by atoms with van der Waals surface area (Å²) in [4.78, 5) is 10.9. The molecule has 0 amide bonds. The molecule has 2 rings (SSSR count). The van der Waals surface area contributed by atoms with E-state index in [4.69, 9.17) is 10.3 Å². The number of hydroxylamine groups is 1. The molecule has 1 fully saturated rings. The number of carboxylic acid groups (broad SMARTS) is 1. The Bertz CT molecular complexity index is 326. The molecule has 3 N–H and O–H groups in total. The predicted octanol–water partition coefficient (Wildman–Crippen LogP) is 1.80. The van der Waals surface area contributed by atoms with Crippen molar-refractivity contribution in [2.24, 2.45) is 17.3 Å². The Morgan fingerprint density at radius 1 is 1.69 bits per heavy atom. The highest BCUT2D eigenvalue weighted by molar-refractivity contribution is 5.68. The fourth-order valence-corrected chi connectivity index (χ4v) is 3.46. The summed E-state index contributed by atoms with van der Waals surface area (Å²) in [7, 11) is 0. The summed E-state index contributed by atoms with van der Waals surface area (Å²) in [6.07, 6.45) is 5.48. The fourth-order valence-electron chi connectivity index (χ4n) is 3.46. The van der Waals surface area contributed by atoms with E-state index >= 15 is 0 Å². The highest BCUT2D eigenvalue weighted by Gasteiger charge is 2.55. The van der Waals surface area contributed by atoms with Crippen LogP contribution in [0, 0.1) is 17.3 Å². The third kappa shape index (κ3) is 1.76. The molecule has 0 radical (unpaired) electrons. The maximum absolute atomic E-state index is 10.9. The van der Waals surface area contributed by atoms with E-state index in [2.05, 4.69) is 18.5 Å². The highest BCUT2D eigenvalue weighted by atomic mass is 16.5. The second-order valence-corrected chi connectivity index (χ2v) is 5.14. The SMILES string of the molecule is CCC1=C[C@@H]2[C@H](C1)CC2(CNO)CC(=O)O. The summed E-state index contributed by atoms with van der Waals surface area (Å²) < 4.78 is 0. The molecule has 0 spiro atoms. The van der Waals surface area contributed by atoms with Gasteiger partial charge in [-0.05, 0) is 31.1 Å². The molecular formula is C12H19NO3. The van der Waals surface area contributed by atoms with Crippen LogP contribution >= 0.6 is 0 Å². The summed E-state index contributed by atoms with van der Waals surface area (Å²) in [6.45, 7) is 2.52. The molecule has 1 unspecified atom stereocenters. The molecule has 1 saturated carbocycles. The van der Waals surface area contributed by atoms with Gasteiger partial charge in [0, 0.05) is 12.0 Å². The molecule has 2 aliphatic rings. The normalized spacial score (nSPS) is 36.5. The number of hydrogen-bond acceptors (Lipinski definition) is 3. The van der Waals surface area contributed by atoms with Crippen LogP contribution in [0.4, 0.5) is 0 Å². The minimum absolute atomic E-state index is 0.148. The van der Waals surface area contributed by atoms with E-state index in [0.29, 0.717) is 18.4 Å². The lowest BCUT2D eigenvalue weighted by atomic mass is 9.53. The Morgan fingerprint density at radius 3 is 3.00 bits per heavy atom. The largest absolute Gasteiger partial charge is 0.481 e. The Kier molecular flexibility index (Phi) is 3.04. The number of nitrogens with one attached hydrogen (secondary N) is 1. The van der Waals surface area contributed by atoms with Gasteiger partial charge in [0.15, 0.2) is 0 Å². The predicted molar refractivity (Wildman–Crippen MR) is 59.1 cm³/mol. The fraction of sp³-hybridized carbons (Fsp3) is 0.750. The van der Waals surface area contributed by atoms with Gasteiger partial charge in [0.1, 0.15) is 0 Å². The number of fused-ring (bicyclic) bond motifs is 1. The van der Waals surface area contributed by atoms with Gasteiger partial charge in [-0.1, -0.05) is 18.6 Å². The quantitative estimate of drug-likeness (QED) is 0.493. The monoisotopic (exact) mass is 225 g/mol. The van der Waals surface area contributed by atoms with Crippen LogP contribution in [0.2, 0.25) is 0 Å². The van der Waals surface area contributed by atoms with Gasteiger partial charge in [-0.3, -0.25) is 4.79 Å².